The van der Waals surface area contributed by atoms with Gasteiger partial charge in [0.1, 0.15) is 0 Å². The Hall–Kier alpha value is 6.58. The molecule has 2 rings (SSSR count). The number of piperidine rings is 1. The van der Waals surface area contributed by atoms with Crippen molar-refractivity contribution in [3.05, 3.63) is 0 Å². The molecule has 6 radical (unpaired) electrons. The average Bonchev–Trinajstić information content (AvgIpc) is 2.05. The second-order valence-electron chi connectivity index (χ2n) is 4.90. The Kier molecular flexibility index (Phi) is 39.4. The molecule has 0 aromatic carbocycles. The van der Waals surface area contributed by atoms with Gasteiger partial charge in [-0.1, -0.05) is 19.3 Å². The van der Waals surface area contributed by atoms with Gasteiger partial charge in [0.15, 0.2) is 0 Å². The molecule has 0 unspecified atom stereocenters. The molecule has 0 aromatic rings. The van der Waals surface area contributed by atoms with Crippen molar-refractivity contribution in [1.29, 1.82) is 0 Å². The molecule has 0 bridgehead atoms. The first-order chi connectivity index (χ1) is 5.81. The van der Waals surface area contributed by atoms with Crippen LogP contribution in [0, 0.1) is 5.41 Å². The fraction of sp³-hybridized carbons (Fsp3) is 1.00. The summed E-state index contributed by atoms with van der Waals surface area (Å²) in [7, 11) is 2.29. The van der Waals surface area contributed by atoms with Gasteiger partial charge in [0.05, 0.1) is 0 Å². The number of likely N-dealkylation sites (tertiary alicyclic amines) is 1. The van der Waals surface area contributed by atoms with Gasteiger partial charge < -0.3 is 4.90 Å². The van der Waals surface area contributed by atoms with E-state index in [1.54, 1.807) is 0 Å². The first kappa shape index (κ1) is 35.7. The third kappa shape index (κ3) is 12.9. The Morgan fingerprint density at radius 2 is 1.11 bits per heavy atom. The van der Waals surface area contributed by atoms with Crippen molar-refractivity contribution in [2.75, 3.05) is 20.1 Å². The van der Waals surface area contributed by atoms with Gasteiger partial charge >= 0.3 is 0 Å². The fourth-order valence-electron chi connectivity index (χ4n) is 3.16. The molecule has 1 saturated carbocycles. The summed E-state index contributed by atoms with van der Waals surface area (Å²) < 4.78 is 0. The third-order valence-corrected chi connectivity index (χ3v) is 3.77. The van der Waals surface area contributed by atoms with E-state index in [0.717, 1.165) is 5.41 Å². The minimum Gasteiger partial charge on any atom is -0.306 e. The zero-order chi connectivity index (χ0) is 8.44. The second-order valence-corrected chi connectivity index (χ2v) is 4.90. The van der Waals surface area contributed by atoms with Crippen LogP contribution in [0.5, 0.6) is 0 Å². The molecule has 0 N–H and O–H groups in total. The standard InChI is InChI=1S/C11H21N.6Y/c1-12-9-5-8-11(10-12)6-3-2-4-7-11;;;;;;/h2-10H2,1H3;;;;;;. The Morgan fingerprint density at radius 3 is 1.56 bits per heavy atom. The summed E-state index contributed by atoms with van der Waals surface area (Å²) in [5.74, 6) is 0. The van der Waals surface area contributed by atoms with Gasteiger partial charge in [-0.15, -0.1) is 0 Å². The van der Waals surface area contributed by atoms with Crippen molar-refractivity contribution in [3.63, 3.8) is 0 Å². The number of hydrogen-bond donors (Lipinski definition) is 0. The van der Waals surface area contributed by atoms with E-state index in [1.165, 1.54) is 58.0 Å². The summed E-state index contributed by atoms with van der Waals surface area (Å²) in [4.78, 5) is 2.54. The van der Waals surface area contributed by atoms with E-state index in [4.69, 9.17) is 0 Å². The Bertz CT molecular complexity index is 158. The van der Waals surface area contributed by atoms with E-state index >= 15 is 0 Å². The zero-order valence-electron chi connectivity index (χ0n) is 11.8. The Morgan fingerprint density at radius 1 is 0.667 bits per heavy atom. The molecule has 1 nitrogen and oxygen atoms in total. The van der Waals surface area contributed by atoms with Crippen LogP contribution in [-0.2, 0) is 196 Å². The molecule has 2 fully saturated rings. The minimum atomic E-state index is 0. The van der Waals surface area contributed by atoms with Crippen molar-refractivity contribution in [3.8, 4) is 0 Å². The van der Waals surface area contributed by atoms with Crippen LogP contribution >= 0.6 is 0 Å². The van der Waals surface area contributed by atoms with Crippen LogP contribution in [0.3, 0.4) is 0 Å². The summed E-state index contributed by atoms with van der Waals surface area (Å²) >= 11 is 0. The fourth-order valence-corrected chi connectivity index (χ4v) is 3.16. The first-order valence-electron chi connectivity index (χ1n) is 5.49. The van der Waals surface area contributed by atoms with Gasteiger partial charge in [0, 0.05) is 203 Å². The molecule has 0 aromatic heterocycles. The second kappa shape index (κ2) is 19.9. The third-order valence-electron chi connectivity index (χ3n) is 3.77. The predicted molar refractivity (Wildman–Crippen MR) is 52.2 cm³/mol. The topological polar surface area (TPSA) is 3.24 Å². The van der Waals surface area contributed by atoms with Gasteiger partial charge in [-0.3, -0.25) is 0 Å². The van der Waals surface area contributed by atoms with Crippen LogP contribution in [0.25, 0.3) is 0 Å². The molecular weight excluding hydrogens is 680 g/mol. The van der Waals surface area contributed by atoms with E-state index in [2.05, 4.69) is 11.9 Å². The zero-order valence-corrected chi connectivity index (χ0v) is 28.8. The first-order valence-corrected chi connectivity index (χ1v) is 5.49. The number of rotatable bonds is 0. The number of hydrogen-bond acceptors (Lipinski definition) is 1. The molecule has 1 aliphatic heterocycles. The van der Waals surface area contributed by atoms with Crippen LogP contribution in [-0.4, -0.2) is 25.0 Å². The normalized spacial score (nSPS) is 20.5. The number of nitrogens with zero attached hydrogens (tertiary/aromatic N) is 1. The van der Waals surface area contributed by atoms with Gasteiger partial charge in [-0.2, -0.15) is 0 Å². The van der Waals surface area contributed by atoms with Crippen LogP contribution in [0.1, 0.15) is 44.9 Å². The summed E-state index contributed by atoms with van der Waals surface area (Å²) in [5.41, 5.74) is 0.755. The maximum absolute atomic E-state index is 2.54. The van der Waals surface area contributed by atoms with E-state index < -0.39 is 0 Å². The van der Waals surface area contributed by atoms with Gasteiger partial charge in [-0.05, 0) is 44.7 Å². The van der Waals surface area contributed by atoms with Gasteiger partial charge in [0.25, 0.3) is 0 Å². The van der Waals surface area contributed by atoms with Crippen LogP contribution in [0.15, 0.2) is 0 Å². The van der Waals surface area contributed by atoms with E-state index in [0.29, 0.717) is 0 Å². The van der Waals surface area contributed by atoms with Gasteiger partial charge in [-0.25, -0.2) is 0 Å². The summed E-state index contributed by atoms with van der Waals surface area (Å²) in [5, 5.41) is 0. The summed E-state index contributed by atoms with van der Waals surface area (Å²) in [6, 6.07) is 0. The van der Waals surface area contributed by atoms with E-state index in [9.17, 15) is 0 Å². The molecule has 0 amide bonds. The molecule has 18 heavy (non-hydrogen) atoms. The van der Waals surface area contributed by atoms with Crippen LogP contribution < -0.4 is 0 Å². The summed E-state index contributed by atoms with van der Waals surface area (Å²) in [6.45, 7) is 2.72. The predicted octanol–water partition coefficient (Wildman–Crippen LogP) is 2.65. The smallest absolute Gasteiger partial charge is 0.00349 e. The van der Waals surface area contributed by atoms with Crippen molar-refractivity contribution in [2.45, 2.75) is 44.9 Å². The molecule has 1 aliphatic carbocycles. The molecule has 0 atom stereocenters. The quantitative estimate of drug-likeness (QED) is 0.376. The molecule has 1 saturated heterocycles. The van der Waals surface area contributed by atoms with Crippen LogP contribution in [0.2, 0.25) is 0 Å². The minimum absolute atomic E-state index is 0. The average molecular weight is 701 g/mol. The molecule has 88 valence electrons. The summed E-state index contributed by atoms with van der Waals surface area (Å²) in [6.07, 6.45) is 10.5. The van der Waals surface area contributed by atoms with E-state index in [1.807, 2.05) is 0 Å². The maximum Gasteiger partial charge on any atom is 0.00349 e. The molecule has 2 aliphatic rings. The Labute approximate surface area is 264 Å². The van der Waals surface area contributed by atoms with Crippen molar-refractivity contribution in [1.82, 2.24) is 4.90 Å². The molecule has 7 heteroatoms. The SMILES string of the molecule is CN1CCCC2(CCCCC2)C1.[Y].[Y].[Y].[Y].[Y].[Y]. The van der Waals surface area contributed by atoms with Crippen LogP contribution in [0.4, 0.5) is 0 Å². The largest absolute Gasteiger partial charge is 0.306 e. The maximum atomic E-state index is 2.54. The molecule has 1 heterocycles. The van der Waals surface area contributed by atoms with E-state index in [-0.39, 0.29) is 196 Å². The molecular formula is C11H21NY6. The van der Waals surface area contributed by atoms with Crippen molar-refractivity contribution >= 4 is 0 Å². The van der Waals surface area contributed by atoms with Crippen molar-refractivity contribution < 1.29 is 196 Å². The Balaban J connectivity index is -0.0000000939. The van der Waals surface area contributed by atoms with Crippen molar-refractivity contribution in [2.24, 2.45) is 5.41 Å². The van der Waals surface area contributed by atoms with Gasteiger partial charge in [0.2, 0.25) is 0 Å². The monoisotopic (exact) mass is 701 g/mol. The molecule has 1 spiro atoms.